The van der Waals surface area contributed by atoms with Gasteiger partial charge >= 0.3 is 5.97 Å². The van der Waals surface area contributed by atoms with Gasteiger partial charge in [-0.05, 0) is 12.1 Å². The highest BCUT2D eigenvalue weighted by Crippen LogP contribution is 2.01. The van der Waals surface area contributed by atoms with E-state index >= 15 is 0 Å². The highest BCUT2D eigenvalue weighted by atomic mass is 16.6. The third-order valence-electron chi connectivity index (χ3n) is 1.52. The van der Waals surface area contributed by atoms with E-state index in [0.717, 1.165) is 0 Å². The van der Waals surface area contributed by atoms with Crippen LogP contribution in [0.4, 0.5) is 0 Å². The first-order valence-electron chi connectivity index (χ1n) is 3.92. The van der Waals surface area contributed by atoms with Crippen LogP contribution in [0, 0.1) is 0 Å². The van der Waals surface area contributed by atoms with Crippen molar-refractivity contribution in [1.29, 1.82) is 0 Å². The fourth-order valence-corrected chi connectivity index (χ4v) is 0.816. The van der Waals surface area contributed by atoms with Crippen LogP contribution < -0.4 is 11.5 Å². The zero-order valence-electron chi connectivity index (χ0n) is 7.34. The molecule has 1 rings (SSSR count). The fraction of sp³-hybridized carbons (Fsp3) is 0.111. The summed E-state index contributed by atoms with van der Waals surface area (Å²) < 4.78 is 4.56. The van der Waals surface area contributed by atoms with Gasteiger partial charge in [0.05, 0.1) is 5.56 Å². The minimum absolute atomic E-state index is 0.323. The lowest BCUT2D eigenvalue weighted by Gasteiger charge is -2.08. The Morgan fingerprint density at radius 1 is 1.21 bits per heavy atom. The molecule has 1 amide bonds. The molecule has 0 fully saturated rings. The van der Waals surface area contributed by atoms with Gasteiger partial charge in [0.15, 0.2) is 0 Å². The lowest BCUT2D eigenvalue weighted by Crippen LogP contribution is -2.40. The number of carbonyl (C=O) groups excluding carboxylic acids is 2. The Labute approximate surface area is 80.6 Å². The Kier molecular flexibility index (Phi) is 3.19. The van der Waals surface area contributed by atoms with Gasteiger partial charge < -0.3 is 10.5 Å². The minimum atomic E-state index is -1.40. The Hall–Kier alpha value is -1.88. The number of rotatable bonds is 3. The molecule has 0 heterocycles. The maximum absolute atomic E-state index is 11.2. The minimum Gasteiger partial charge on any atom is -0.434 e. The zero-order chi connectivity index (χ0) is 10.6. The van der Waals surface area contributed by atoms with Gasteiger partial charge in [0.2, 0.25) is 6.23 Å². The summed E-state index contributed by atoms with van der Waals surface area (Å²) in [4.78, 5) is 21.7. The number of nitrogens with two attached hydrogens (primary N) is 2. The molecular formula is C9H10N2O3. The second kappa shape index (κ2) is 4.38. The highest BCUT2D eigenvalue weighted by molar-refractivity contribution is 5.91. The molecule has 0 radical (unpaired) electrons. The van der Waals surface area contributed by atoms with Gasteiger partial charge in [0.25, 0.3) is 5.91 Å². The van der Waals surface area contributed by atoms with E-state index in [9.17, 15) is 9.59 Å². The molecule has 74 valence electrons. The maximum Gasteiger partial charge on any atom is 0.340 e. The van der Waals surface area contributed by atoms with E-state index < -0.39 is 18.1 Å². The van der Waals surface area contributed by atoms with Crippen molar-refractivity contribution in [1.82, 2.24) is 0 Å². The summed E-state index contributed by atoms with van der Waals surface area (Å²) in [6.07, 6.45) is -1.40. The van der Waals surface area contributed by atoms with E-state index in [-0.39, 0.29) is 0 Å². The van der Waals surface area contributed by atoms with Crippen LogP contribution in [0.15, 0.2) is 30.3 Å². The smallest absolute Gasteiger partial charge is 0.340 e. The number of carbonyl (C=O) groups is 2. The van der Waals surface area contributed by atoms with Gasteiger partial charge in [-0.15, -0.1) is 0 Å². The second-order valence-electron chi connectivity index (χ2n) is 2.59. The molecule has 0 aliphatic rings. The Morgan fingerprint density at radius 2 is 1.79 bits per heavy atom. The van der Waals surface area contributed by atoms with Crippen LogP contribution in [-0.4, -0.2) is 18.1 Å². The van der Waals surface area contributed by atoms with Crippen LogP contribution in [0.25, 0.3) is 0 Å². The molecule has 0 aromatic heterocycles. The van der Waals surface area contributed by atoms with E-state index in [4.69, 9.17) is 11.5 Å². The monoisotopic (exact) mass is 194 g/mol. The van der Waals surface area contributed by atoms with Crippen LogP contribution in [0.2, 0.25) is 0 Å². The molecule has 0 aliphatic carbocycles. The molecule has 0 saturated heterocycles. The first kappa shape index (κ1) is 10.2. The number of hydrogen-bond acceptors (Lipinski definition) is 4. The van der Waals surface area contributed by atoms with Crippen molar-refractivity contribution in [2.75, 3.05) is 0 Å². The van der Waals surface area contributed by atoms with Gasteiger partial charge in [-0.2, -0.15) is 0 Å². The quantitative estimate of drug-likeness (QED) is 0.506. The summed E-state index contributed by atoms with van der Waals surface area (Å²) in [5.74, 6) is -1.55. The number of benzene rings is 1. The largest absolute Gasteiger partial charge is 0.434 e. The van der Waals surface area contributed by atoms with Crippen molar-refractivity contribution < 1.29 is 14.3 Å². The van der Waals surface area contributed by atoms with Gasteiger partial charge in [0, 0.05) is 0 Å². The number of ether oxygens (including phenoxy) is 1. The lowest BCUT2D eigenvalue weighted by atomic mass is 10.2. The third kappa shape index (κ3) is 2.56. The molecule has 1 atom stereocenters. The molecule has 4 N–H and O–H groups in total. The van der Waals surface area contributed by atoms with Crippen LogP contribution in [-0.2, 0) is 9.53 Å². The Bertz CT molecular complexity index is 337. The van der Waals surface area contributed by atoms with Crippen molar-refractivity contribution in [2.24, 2.45) is 11.5 Å². The molecule has 1 aromatic carbocycles. The first-order valence-corrected chi connectivity index (χ1v) is 3.92. The van der Waals surface area contributed by atoms with Crippen molar-refractivity contribution in [3.05, 3.63) is 35.9 Å². The Morgan fingerprint density at radius 3 is 2.29 bits per heavy atom. The highest BCUT2D eigenvalue weighted by Gasteiger charge is 2.15. The summed E-state index contributed by atoms with van der Waals surface area (Å²) in [5, 5.41) is 0. The third-order valence-corrected chi connectivity index (χ3v) is 1.52. The number of hydrogen-bond donors (Lipinski definition) is 2. The number of esters is 1. The average molecular weight is 194 g/mol. The van der Waals surface area contributed by atoms with E-state index in [0.29, 0.717) is 5.56 Å². The predicted octanol–water partition coefficient (Wildman–Crippen LogP) is -0.386. The predicted molar refractivity (Wildman–Crippen MR) is 49.0 cm³/mol. The van der Waals surface area contributed by atoms with Crippen LogP contribution in [0.5, 0.6) is 0 Å². The molecule has 1 unspecified atom stereocenters. The van der Waals surface area contributed by atoms with Crippen molar-refractivity contribution in [3.63, 3.8) is 0 Å². The second-order valence-corrected chi connectivity index (χ2v) is 2.59. The summed E-state index contributed by atoms with van der Waals surface area (Å²) >= 11 is 0. The molecule has 1 aromatic rings. The normalized spacial score (nSPS) is 11.8. The number of amides is 1. The van der Waals surface area contributed by atoms with Crippen LogP contribution in [0.3, 0.4) is 0 Å². The van der Waals surface area contributed by atoms with Crippen LogP contribution >= 0.6 is 0 Å². The van der Waals surface area contributed by atoms with E-state index in [2.05, 4.69) is 4.74 Å². The molecule has 0 bridgehead atoms. The number of primary amides is 1. The topological polar surface area (TPSA) is 95.4 Å². The Balaban J connectivity index is 2.64. The SMILES string of the molecule is NC(=O)C(N)OC(=O)c1ccccc1. The summed E-state index contributed by atoms with van der Waals surface area (Å²) in [5.41, 5.74) is 10.3. The summed E-state index contributed by atoms with van der Waals surface area (Å²) in [6.45, 7) is 0. The van der Waals surface area contributed by atoms with Gasteiger partial charge in [-0.3, -0.25) is 10.5 Å². The van der Waals surface area contributed by atoms with E-state index in [1.807, 2.05) is 0 Å². The molecule has 5 nitrogen and oxygen atoms in total. The molecule has 14 heavy (non-hydrogen) atoms. The standard InChI is InChI=1S/C9H10N2O3/c10-7(12)8(11)14-9(13)6-4-2-1-3-5-6/h1-5,8H,11H2,(H2,10,12). The fourth-order valence-electron chi connectivity index (χ4n) is 0.816. The molecule has 0 spiro atoms. The molecule has 5 heteroatoms. The maximum atomic E-state index is 11.2. The molecule has 0 saturated carbocycles. The summed E-state index contributed by atoms with van der Waals surface area (Å²) in [6, 6.07) is 8.20. The van der Waals surface area contributed by atoms with Crippen molar-refractivity contribution in [3.8, 4) is 0 Å². The van der Waals surface area contributed by atoms with Gasteiger partial charge in [0.1, 0.15) is 0 Å². The van der Waals surface area contributed by atoms with E-state index in [1.54, 1.807) is 30.3 Å². The van der Waals surface area contributed by atoms with E-state index in [1.165, 1.54) is 0 Å². The molecular weight excluding hydrogens is 184 g/mol. The average Bonchev–Trinajstić information content (AvgIpc) is 2.19. The van der Waals surface area contributed by atoms with Gasteiger partial charge in [-0.1, -0.05) is 18.2 Å². The first-order chi connectivity index (χ1) is 6.61. The van der Waals surface area contributed by atoms with Crippen LogP contribution in [0.1, 0.15) is 10.4 Å². The lowest BCUT2D eigenvalue weighted by molar-refractivity contribution is -0.126. The zero-order valence-corrected chi connectivity index (χ0v) is 7.34. The van der Waals surface area contributed by atoms with Crippen molar-refractivity contribution >= 4 is 11.9 Å². The molecule has 0 aliphatic heterocycles. The summed E-state index contributed by atoms with van der Waals surface area (Å²) in [7, 11) is 0. The van der Waals surface area contributed by atoms with Gasteiger partial charge in [-0.25, -0.2) is 4.79 Å². The van der Waals surface area contributed by atoms with Crippen molar-refractivity contribution in [2.45, 2.75) is 6.23 Å².